The van der Waals surface area contributed by atoms with Crippen LogP contribution in [-0.4, -0.2) is 56.0 Å². The number of rotatable bonds is 14. The van der Waals surface area contributed by atoms with Crippen LogP contribution >= 0.6 is 25.0 Å². The first-order chi connectivity index (χ1) is 18.1. The van der Waals surface area contributed by atoms with Gasteiger partial charge in [0.2, 0.25) is 5.28 Å². The molecule has 0 spiro atoms. The molecule has 2 heterocycles. The molecule has 3 aromatic rings. The number of hydrogen-bond donors (Lipinski definition) is 0. The van der Waals surface area contributed by atoms with Crippen LogP contribution in [0, 0.1) is 0 Å². The summed E-state index contributed by atoms with van der Waals surface area (Å²) in [6, 6.07) is 9.92. The molecule has 0 aliphatic heterocycles. The molecule has 212 valence electrons. The molecule has 0 aliphatic rings. The van der Waals surface area contributed by atoms with Gasteiger partial charge in [0.1, 0.15) is 6.33 Å². The van der Waals surface area contributed by atoms with Crippen LogP contribution in [0.5, 0.6) is 12.0 Å². The Hall–Kier alpha value is -1.47. The van der Waals surface area contributed by atoms with Crippen LogP contribution < -0.4 is 9.05 Å². The van der Waals surface area contributed by atoms with E-state index in [0.29, 0.717) is 26.4 Å². The minimum atomic E-state index is -2.84. The van der Waals surface area contributed by atoms with Crippen LogP contribution in [0.25, 0.3) is 5.69 Å². The fourth-order valence-corrected chi connectivity index (χ4v) is 6.82. The zero-order chi connectivity index (χ0) is 28.2. The van der Waals surface area contributed by atoms with Gasteiger partial charge in [0.05, 0.1) is 32.1 Å². The molecule has 0 atom stereocenters. The third-order valence-electron chi connectivity index (χ3n) is 4.09. The van der Waals surface area contributed by atoms with E-state index in [9.17, 15) is 0 Å². The molecule has 0 aliphatic carbocycles. The van der Waals surface area contributed by atoms with Crippen molar-refractivity contribution in [3.63, 3.8) is 0 Å². The van der Waals surface area contributed by atoms with Crippen molar-refractivity contribution in [3.05, 3.63) is 41.9 Å². The van der Waals surface area contributed by atoms with Gasteiger partial charge >= 0.3 is 25.5 Å². The largest absolute Gasteiger partial charge is 0.388 e. The summed E-state index contributed by atoms with van der Waals surface area (Å²) in [5, 5.41) is 8.57. The predicted molar refractivity (Wildman–Crippen MR) is 153 cm³/mol. The van der Waals surface area contributed by atoms with Crippen LogP contribution in [0.2, 0.25) is 5.28 Å². The van der Waals surface area contributed by atoms with Crippen LogP contribution in [0.3, 0.4) is 0 Å². The molecule has 12 nitrogen and oxygen atoms in total. The van der Waals surface area contributed by atoms with E-state index < -0.39 is 13.4 Å². The van der Waals surface area contributed by atoms with Crippen molar-refractivity contribution in [3.8, 4) is 17.7 Å². The summed E-state index contributed by atoms with van der Waals surface area (Å²) in [7, 11) is 0. The van der Waals surface area contributed by atoms with E-state index in [1.54, 1.807) is 11.0 Å². The Morgan fingerprint density at radius 1 is 0.816 bits per heavy atom. The fourth-order valence-electron chi connectivity index (χ4n) is 2.66. The van der Waals surface area contributed by atoms with E-state index in [-0.39, 0.29) is 23.3 Å². The molecule has 0 bridgehead atoms. The number of benzene rings is 1. The van der Waals surface area contributed by atoms with E-state index in [1.165, 1.54) is 4.68 Å². The predicted octanol–water partition coefficient (Wildman–Crippen LogP) is 6.13. The Labute approximate surface area is 238 Å². The zero-order valence-corrected chi connectivity index (χ0v) is 26.3. The minimum Gasteiger partial charge on any atom is -0.388 e. The van der Waals surface area contributed by atoms with Gasteiger partial charge in [0, 0.05) is 29.7 Å². The lowest BCUT2D eigenvalue weighted by molar-refractivity contribution is 0.213. The quantitative estimate of drug-likeness (QED) is 0.192. The summed E-state index contributed by atoms with van der Waals surface area (Å²) in [4.78, 5) is 8.05. The first kappa shape index (κ1) is 32.7. The standard InChI is InChI=1S/C12H16N3O3PS.C9H17ClN3O3PS/c1-3-16-19(20,17-4-2)18-12-13-10-15(14-12)11-8-6-5-7-9-11;1-5-14-17(18,15-6-2)16-9-11-8(10)13(12-9)7(3)4/h5-10H,3-4H2,1-2H3;7H,5-6H2,1-4H3. The lowest BCUT2D eigenvalue weighted by Gasteiger charge is -2.18. The van der Waals surface area contributed by atoms with E-state index in [2.05, 4.69) is 20.2 Å². The van der Waals surface area contributed by atoms with Gasteiger partial charge in [-0.15, -0.1) is 10.2 Å². The van der Waals surface area contributed by atoms with E-state index >= 15 is 0 Å². The maximum absolute atomic E-state index is 5.93. The Balaban J connectivity index is 0.000000269. The Bertz CT molecular complexity index is 1200. The molecular formula is C21H33ClN6O6P2S2. The highest BCUT2D eigenvalue weighted by Gasteiger charge is 2.25. The molecule has 0 unspecified atom stereocenters. The number of aromatic nitrogens is 6. The third-order valence-corrected chi connectivity index (χ3v) is 9.13. The summed E-state index contributed by atoms with van der Waals surface area (Å²) >= 11 is 16.4. The van der Waals surface area contributed by atoms with Gasteiger partial charge in [-0.2, -0.15) is 9.97 Å². The van der Waals surface area contributed by atoms with Crippen molar-refractivity contribution in [2.45, 2.75) is 47.6 Å². The fraction of sp³-hybridized carbons (Fsp3) is 0.524. The van der Waals surface area contributed by atoms with Crippen LogP contribution in [-0.2, 0) is 41.7 Å². The number of nitrogens with zero attached hydrogens (tertiary/aromatic N) is 6. The highest BCUT2D eigenvalue weighted by atomic mass is 35.5. The number of hydrogen-bond acceptors (Lipinski definition) is 12. The SMILES string of the molecule is CCOP(=S)(OCC)Oc1nc(Cl)n(C(C)C)n1.CCOP(=S)(OCC)Oc1ncn(-c2ccccc2)n1. The van der Waals surface area contributed by atoms with Crippen LogP contribution in [0.4, 0.5) is 0 Å². The topological polar surface area (TPSA) is 117 Å². The van der Waals surface area contributed by atoms with E-state index in [4.69, 9.17) is 62.4 Å². The minimum absolute atomic E-state index is 0.0823. The smallest absolute Gasteiger partial charge is 0.382 e. The van der Waals surface area contributed by atoms with Gasteiger partial charge in [0.15, 0.2) is 0 Å². The first-order valence-electron chi connectivity index (χ1n) is 11.8. The molecule has 38 heavy (non-hydrogen) atoms. The second-order valence-corrected chi connectivity index (χ2v) is 13.5. The van der Waals surface area contributed by atoms with E-state index in [0.717, 1.165) is 5.69 Å². The summed E-state index contributed by atoms with van der Waals surface area (Å²) in [6.45, 7) is 7.13. The zero-order valence-electron chi connectivity index (χ0n) is 22.1. The van der Waals surface area contributed by atoms with Crippen molar-refractivity contribution in [2.24, 2.45) is 0 Å². The maximum atomic E-state index is 5.93. The van der Waals surface area contributed by atoms with Crippen molar-refractivity contribution in [2.75, 3.05) is 26.4 Å². The van der Waals surface area contributed by atoms with Crippen molar-refractivity contribution in [1.29, 1.82) is 0 Å². The molecule has 2 aromatic heterocycles. The monoisotopic (exact) mass is 626 g/mol. The Morgan fingerprint density at radius 2 is 1.32 bits per heavy atom. The lowest BCUT2D eigenvalue weighted by Crippen LogP contribution is -2.05. The molecule has 0 amide bonds. The molecule has 0 fully saturated rings. The van der Waals surface area contributed by atoms with Crippen LogP contribution in [0.1, 0.15) is 47.6 Å². The first-order valence-corrected chi connectivity index (χ1v) is 17.3. The summed E-state index contributed by atoms with van der Waals surface area (Å²) in [5.74, 6) is 0. The van der Waals surface area contributed by atoms with Crippen molar-refractivity contribution >= 4 is 48.7 Å². The number of para-hydroxylation sites is 1. The van der Waals surface area contributed by atoms with Crippen molar-refractivity contribution in [1.82, 2.24) is 29.5 Å². The Kier molecular flexibility index (Phi) is 13.7. The van der Waals surface area contributed by atoms with Gasteiger partial charge in [-0.25, -0.2) is 9.36 Å². The molecule has 17 heteroatoms. The van der Waals surface area contributed by atoms with Gasteiger partial charge in [0.25, 0.3) is 0 Å². The highest BCUT2D eigenvalue weighted by molar-refractivity contribution is 8.08. The molecule has 0 radical (unpaired) electrons. The summed E-state index contributed by atoms with van der Waals surface area (Å²) < 4.78 is 35.5. The second-order valence-electron chi connectivity index (χ2n) is 7.26. The van der Waals surface area contributed by atoms with Gasteiger partial charge in [-0.05, 0) is 65.3 Å². The summed E-state index contributed by atoms with van der Waals surface area (Å²) in [5.41, 5.74) is 0.885. The van der Waals surface area contributed by atoms with Gasteiger partial charge in [-0.3, -0.25) is 18.1 Å². The van der Waals surface area contributed by atoms with E-state index in [1.807, 2.05) is 71.9 Å². The molecule has 0 N–H and O–H groups in total. The Morgan fingerprint density at radius 3 is 1.76 bits per heavy atom. The lowest BCUT2D eigenvalue weighted by atomic mass is 10.3. The third kappa shape index (κ3) is 10.3. The molecule has 0 saturated heterocycles. The molecular weight excluding hydrogens is 594 g/mol. The molecule has 3 rings (SSSR count). The second kappa shape index (κ2) is 16.0. The molecule has 0 saturated carbocycles. The average Bonchev–Trinajstić information content (AvgIpc) is 3.46. The maximum Gasteiger partial charge on any atom is 0.382 e. The highest BCUT2D eigenvalue weighted by Crippen LogP contribution is 2.49. The normalized spacial score (nSPS) is 11.8. The van der Waals surface area contributed by atoms with Gasteiger partial charge < -0.3 is 9.05 Å². The number of halogens is 1. The molecule has 1 aromatic carbocycles. The van der Waals surface area contributed by atoms with Crippen LogP contribution in [0.15, 0.2) is 36.7 Å². The van der Waals surface area contributed by atoms with Gasteiger partial charge in [-0.1, -0.05) is 18.2 Å². The average molecular weight is 627 g/mol. The summed E-state index contributed by atoms with van der Waals surface area (Å²) in [6.07, 6.45) is 1.56. The van der Waals surface area contributed by atoms with Crippen molar-refractivity contribution < 1.29 is 27.1 Å².